The van der Waals surface area contributed by atoms with Gasteiger partial charge in [0.25, 0.3) is 0 Å². The average molecular weight is 268 g/mol. The molecule has 2 rings (SSSR count). The van der Waals surface area contributed by atoms with Gasteiger partial charge in [0, 0.05) is 12.6 Å². The first-order valence-electron chi connectivity index (χ1n) is 8.35. The molecule has 3 heteroatoms. The lowest BCUT2D eigenvalue weighted by Gasteiger charge is -2.44. The maximum Gasteiger partial charge on any atom is 0.0774 e. The second kappa shape index (κ2) is 7.05. The fourth-order valence-corrected chi connectivity index (χ4v) is 4.15. The third-order valence-electron chi connectivity index (χ3n) is 5.33. The van der Waals surface area contributed by atoms with Crippen molar-refractivity contribution < 1.29 is 5.11 Å². The van der Waals surface area contributed by atoms with Gasteiger partial charge in [-0.3, -0.25) is 4.90 Å². The molecule has 2 saturated carbocycles. The summed E-state index contributed by atoms with van der Waals surface area (Å²) in [7, 11) is 0. The van der Waals surface area contributed by atoms with Crippen LogP contribution < -0.4 is 5.73 Å². The lowest BCUT2D eigenvalue weighted by molar-refractivity contribution is -0.0447. The molecule has 2 aliphatic rings. The van der Waals surface area contributed by atoms with E-state index in [1.807, 2.05) is 0 Å². The maximum absolute atomic E-state index is 10.8. The van der Waals surface area contributed by atoms with Gasteiger partial charge in [-0.05, 0) is 44.7 Å². The smallest absolute Gasteiger partial charge is 0.0774 e. The quantitative estimate of drug-likeness (QED) is 0.805. The fraction of sp³-hybridized carbons (Fsp3) is 1.00. The van der Waals surface area contributed by atoms with Crippen molar-refractivity contribution in [3.05, 3.63) is 0 Å². The number of aliphatic hydroxyl groups is 1. The van der Waals surface area contributed by atoms with Gasteiger partial charge in [0.1, 0.15) is 0 Å². The minimum Gasteiger partial charge on any atom is -0.389 e. The monoisotopic (exact) mass is 268 g/mol. The number of rotatable bonds is 5. The third-order valence-corrected chi connectivity index (χ3v) is 5.33. The molecule has 0 aliphatic heterocycles. The van der Waals surface area contributed by atoms with Crippen LogP contribution in [0.2, 0.25) is 0 Å². The first-order chi connectivity index (χ1) is 9.18. The molecule has 0 radical (unpaired) electrons. The van der Waals surface area contributed by atoms with Crippen LogP contribution in [0.5, 0.6) is 0 Å². The Labute approximate surface area is 118 Å². The lowest BCUT2D eigenvalue weighted by atomic mass is 9.80. The molecular formula is C16H32N2O. The highest BCUT2D eigenvalue weighted by molar-refractivity contribution is 4.90. The van der Waals surface area contributed by atoms with Gasteiger partial charge in [-0.25, -0.2) is 0 Å². The Balaban J connectivity index is 1.97. The molecule has 2 atom stereocenters. The third kappa shape index (κ3) is 3.93. The average Bonchev–Trinajstić information content (AvgIpc) is 2.45. The van der Waals surface area contributed by atoms with Gasteiger partial charge in [-0.2, -0.15) is 0 Å². The summed E-state index contributed by atoms with van der Waals surface area (Å²) < 4.78 is 0. The van der Waals surface area contributed by atoms with E-state index in [0.717, 1.165) is 32.5 Å². The number of nitrogens with two attached hydrogens (primary N) is 1. The van der Waals surface area contributed by atoms with Crippen molar-refractivity contribution in [1.29, 1.82) is 0 Å². The molecular weight excluding hydrogens is 236 g/mol. The maximum atomic E-state index is 10.8. The number of likely N-dealkylation sites (N-methyl/N-ethyl adjacent to an activating group) is 1. The Morgan fingerprint density at radius 2 is 1.79 bits per heavy atom. The molecule has 3 N–H and O–H groups in total. The highest BCUT2D eigenvalue weighted by Crippen LogP contribution is 2.33. The van der Waals surface area contributed by atoms with Crippen molar-refractivity contribution in [3.8, 4) is 0 Å². The van der Waals surface area contributed by atoms with Gasteiger partial charge in [0.2, 0.25) is 0 Å². The molecule has 112 valence electrons. The summed E-state index contributed by atoms with van der Waals surface area (Å²) in [4.78, 5) is 2.53. The summed E-state index contributed by atoms with van der Waals surface area (Å²) in [5.41, 5.74) is 5.54. The molecule has 0 aromatic carbocycles. The first kappa shape index (κ1) is 15.3. The highest BCUT2D eigenvalue weighted by atomic mass is 16.3. The molecule has 0 amide bonds. The van der Waals surface area contributed by atoms with Crippen molar-refractivity contribution in [2.24, 2.45) is 11.7 Å². The minimum atomic E-state index is -0.426. The van der Waals surface area contributed by atoms with Crippen LogP contribution >= 0.6 is 0 Å². The van der Waals surface area contributed by atoms with Gasteiger partial charge < -0.3 is 10.8 Å². The summed E-state index contributed by atoms with van der Waals surface area (Å²) in [5, 5.41) is 10.8. The molecule has 2 unspecified atom stereocenters. The van der Waals surface area contributed by atoms with Crippen LogP contribution in [0.4, 0.5) is 0 Å². The predicted octanol–water partition coefficient (Wildman–Crippen LogP) is 2.52. The van der Waals surface area contributed by atoms with Gasteiger partial charge in [0.15, 0.2) is 0 Å². The zero-order valence-electron chi connectivity index (χ0n) is 12.6. The van der Waals surface area contributed by atoms with Crippen molar-refractivity contribution >= 4 is 0 Å². The Kier molecular flexibility index (Phi) is 5.67. The van der Waals surface area contributed by atoms with E-state index in [9.17, 15) is 5.11 Å². The van der Waals surface area contributed by atoms with Crippen molar-refractivity contribution in [1.82, 2.24) is 4.90 Å². The molecule has 0 saturated heterocycles. The van der Waals surface area contributed by atoms with Crippen LogP contribution in [0.25, 0.3) is 0 Å². The zero-order chi connectivity index (χ0) is 13.7. The van der Waals surface area contributed by atoms with Crippen LogP contribution in [-0.4, -0.2) is 41.3 Å². The molecule has 0 spiro atoms. The molecule has 0 aromatic heterocycles. The molecule has 0 bridgehead atoms. The van der Waals surface area contributed by atoms with Crippen LogP contribution in [0.3, 0.4) is 0 Å². The van der Waals surface area contributed by atoms with Gasteiger partial charge in [-0.15, -0.1) is 0 Å². The van der Waals surface area contributed by atoms with E-state index in [4.69, 9.17) is 5.73 Å². The molecule has 3 nitrogen and oxygen atoms in total. The molecule has 19 heavy (non-hydrogen) atoms. The summed E-state index contributed by atoms with van der Waals surface area (Å²) >= 11 is 0. The SMILES string of the molecule is CCN(CC1(O)CCCCC1)C1CCCCC1CN. The van der Waals surface area contributed by atoms with Crippen LogP contribution in [0.1, 0.15) is 64.7 Å². The Hall–Kier alpha value is -0.120. The van der Waals surface area contributed by atoms with Crippen LogP contribution in [-0.2, 0) is 0 Å². The van der Waals surface area contributed by atoms with E-state index < -0.39 is 5.60 Å². The Morgan fingerprint density at radius 3 is 2.42 bits per heavy atom. The number of nitrogens with zero attached hydrogens (tertiary/aromatic N) is 1. The van der Waals surface area contributed by atoms with Gasteiger partial charge in [0.05, 0.1) is 5.60 Å². The highest BCUT2D eigenvalue weighted by Gasteiger charge is 2.35. The summed E-state index contributed by atoms with van der Waals surface area (Å²) in [5.74, 6) is 0.640. The zero-order valence-corrected chi connectivity index (χ0v) is 12.6. The number of hydrogen-bond donors (Lipinski definition) is 2. The van der Waals surface area contributed by atoms with Gasteiger partial charge >= 0.3 is 0 Å². The van der Waals surface area contributed by atoms with Crippen molar-refractivity contribution in [3.63, 3.8) is 0 Å². The molecule has 0 heterocycles. The molecule has 0 aromatic rings. The fourth-order valence-electron chi connectivity index (χ4n) is 4.15. The standard InChI is InChI=1S/C16H32N2O/c1-2-18(13-16(19)10-6-3-7-11-16)15-9-5-4-8-14(15)12-17/h14-15,19H,2-13,17H2,1H3. The van der Waals surface area contributed by atoms with Crippen molar-refractivity contribution in [2.45, 2.75) is 76.4 Å². The van der Waals surface area contributed by atoms with E-state index in [1.54, 1.807) is 0 Å². The second-order valence-electron chi connectivity index (χ2n) is 6.70. The second-order valence-corrected chi connectivity index (χ2v) is 6.70. The van der Waals surface area contributed by atoms with Crippen LogP contribution in [0, 0.1) is 5.92 Å². The summed E-state index contributed by atoms with van der Waals surface area (Å²) in [6, 6.07) is 0.606. The lowest BCUT2D eigenvalue weighted by Crippen LogP contribution is -2.52. The van der Waals surface area contributed by atoms with E-state index in [2.05, 4.69) is 11.8 Å². The number of hydrogen-bond acceptors (Lipinski definition) is 3. The summed E-state index contributed by atoms with van der Waals surface area (Å²) in [6.07, 6.45) is 10.9. The van der Waals surface area contributed by atoms with Crippen molar-refractivity contribution in [2.75, 3.05) is 19.6 Å². The molecule has 2 fully saturated rings. The largest absolute Gasteiger partial charge is 0.389 e. The van der Waals surface area contributed by atoms with Gasteiger partial charge in [-0.1, -0.05) is 39.0 Å². The van der Waals surface area contributed by atoms with E-state index in [1.165, 1.54) is 44.9 Å². The van der Waals surface area contributed by atoms with E-state index in [-0.39, 0.29) is 0 Å². The molecule has 2 aliphatic carbocycles. The topological polar surface area (TPSA) is 49.5 Å². The first-order valence-corrected chi connectivity index (χ1v) is 8.35. The van der Waals surface area contributed by atoms with E-state index in [0.29, 0.717) is 12.0 Å². The minimum absolute atomic E-state index is 0.426. The van der Waals surface area contributed by atoms with E-state index >= 15 is 0 Å². The predicted molar refractivity (Wildman–Crippen MR) is 80.1 cm³/mol. The van der Waals surface area contributed by atoms with Crippen LogP contribution in [0.15, 0.2) is 0 Å². The Morgan fingerprint density at radius 1 is 1.11 bits per heavy atom. The normalized spacial score (nSPS) is 31.6. The Bertz CT molecular complexity index is 263. The summed E-state index contributed by atoms with van der Waals surface area (Å²) in [6.45, 7) is 4.95.